The van der Waals surface area contributed by atoms with E-state index in [1.165, 1.54) is 25.3 Å². The number of halogens is 1. The average molecular weight is 325 g/mol. The van der Waals surface area contributed by atoms with E-state index in [2.05, 4.69) is 9.72 Å². The number of nitrogens with zero attached hydrogens (tertiary/aromatic N) is 3. The molecule has 0 spiro atoms. The summed E-state index contributed by atoms with van der Waals surface area (Å²) in [6, 6.07) is 9.95. The number of esters is 1. The quantitative estimate of drug-likeness (QED) is 0.535. The summed E-state index contributed by atoms with van der Waals surface area (Å²) in [5, 5.41) is 0. The van der Waals surface area contributed by atoms with Crippen LogP contribution in [-0.2, 0) is 9.53 Å². The Labute approximate surface area is 138 Å². The van der Waals surface area contributed by atoms with Crippen molar-refractivity contribution >= 4 is 12.2 Å². The van der Waals surface area contributed by atoms with Crippen molar-refractivity contribution in [3.05, 3.63) is 84.5 Å². The van der Waals surface area contributed by atoms with E-state index in [-0.39, 0.29) is 11.9 Å². The van der Waals surface area contributed by atoms with Gasteiger partial charge in [-0.3, -0.25) is 0 Å². The van der Waals surface area contributed by atoms with Gasteiger partial charge in [0.15, 0.2) is 0 Å². The summed E-state index contributed by atoms with van der Waals surface area (Å²) in [4.78, 5) is 15.4. The normalized spacial score (nSPS) is 12.4. The van der Waals surface area contributed by atoms with E-state index in [1.54, 1.807) is 30.9 Å². The molecule has 0 bridgehead atoms. The minimum Gasteiger partial charge on any atom is -0.466 e. The van der Waals surface area contributed by atoms with Gasteiger partial charge in [-0.05, 0) is 29.8 Å². The molecule has 24 heavy (non-hydrogen) atoms. The van der Waals surface area contributed by atoms with E-state index < -0.39 is 5.97 Å². The molecular formula is C18H16FN3O2. The first-order valence-electron chi connectivity index (χ1n) is 7.35. The van der Waals surface area contributed by atoms with E-state index in [0.29, 0.717) is 0 Å². The van der Waals surface area contributed by atoms with Crippen molar-refractivity contribution in [1.82, 2.24) is 14.1 Å². The van der Waals surface area contributed by atoms with Crippen molar-refractivity contribution in [2.75, 3.05) is 7.11 Å². The number of imidazole rings is 1. The first-order valence-corrected chi connectivity index (χ1v) is 7.35. The van der Waals surface area contributed by atoms with Crippen LogP contribution in [0.2, 0.25) is 0 Å². The number of hydrogen-bond donors (Lipinski definition) is 0. The Kier molecular flexibility index (Phi) is 4.56. The van der Waals surface area contributed by atoms with Gasteiger partial charge in [-0.25, -0.2) is 14.2 Å². The molecule has 0 saturated heterocycles. The molecule has 0 aliphatic heterocycles. The SMILES string of the molecule is COC(=O)/C=C/n1cccc1C(c1ccc(F)cc1)n1ccnc1. The molecule has 3 rings (SSSR count). The number of carbonyl (C=O) groups is 1. The summed E-state index contributed by atoms with van der Waals surface area (Å²) in [6.45, 7) is 0. The van der Waals surface area contributed by atoms with Gasteiger partial charge in [0.05, 0.1) is 13.4 Å². The number of ether oxygens (including phenoxy) is 1. The van der Waals surface area contributed by atoms with Crippen LogP contribution in [0.1, 0.15) is 17.3 Å². The molecule has 0 radical (unpaired) electrons. The number of rotatable bonds is 5. The second-order valence-corrected chi connectivity index (χ2v) is 5.14. The number of methoxy groups -OCH3 is 1. The average Bonchev–Trinajstić information content (AvgIpc) is 3.27. The zero-order valence-corrected chi connectivity index (χ0v) is 13.0. The molecule has 1 unspecified atom stereocenters. The summed E-state index contributed by atoms with van der Waals surface area (Å²) in [6.07, 6.45) is 10.1. The van der Waals surface area contributed by atoms with Gasteiger partial charge in [-0.1, -0.05) is 12.1 Å². The van der Waals surface area contributed by atoms with Crippen LogP contribution in [-0.4, -0.2) is 27.2 Å². The Hall–Kier alpha value is -3.15. The van der Waals surface area contributed by atoms with E-state index in [9.17, 15) is 9.18 Å². The van der Waals surface area contributed by atoms with Crippen LogP contribution >= 0.6 is 0 Å². The Morgan fingerprint density at radius 1 is 1.25 bits per heavy atom. The third kappa shape index (κ3) is 3.27. The lowest BCUT2D eigenvalue weighted by molar-refractivity contribution is -0.134. The summed E-state index contributed by atoms with van der Waals surface area (Å²) >= 11 is 0. The van der Waals surface area contributed by atoms with Crippen LogP contribution < -0.4 is 0 Å². The molecule has 0 amide bonds. The maximum Gasteiger partial charge on any atom is 0.331 e. The summed E-state index contributed by atoms with van der Waals surface area (Å²) in [5.74, 6) is -0.722. The van der Waals surface area contributed by atoms with Crippen LogP contribution in [0.4, 0.5) is 4.39 Å². The van der Waals surface area contributed by atoms with Gasteiger partial charge in [-0.2, -0.15) is 0 Å². The smallest absolute Gasteiger partial charge is 0.331 e. The van der Waals surface area contributed by atoms with Gasteiger partial charge >= 0.3 is 5.97 Å². The Bertz CT molecular complexity index is 836. The number of aromatic nitrogens is 3. The predicted octanol–water partition coefficient (Wildman–Crippen LogP) is 3.11. The lowest BCUT2D eigenvalue weighted by Crippen LogP contribution is -2.13. The zero-order chi connectivity index (χ0) is 16.9. The van der Waals surface area contributed by atoms with Gasteiger partial charge in [0.2, 0.25) is 0 Å². The summed E-state index contributed by atoms with van der Waals surface area (Å²) in [5.41, 5.74) is 1.81. The third-order valence-corrected chi connectivity index (χ3v) is 3.67. The third-order valence-electron chi connectivity index (χ3n) is 3.67. The second kappa shape index (κ2) is 6.95. The van der Waals surface area contributed by atoms with Crippen molar-refractivity contribution in [1.29, 1.82) is 0 Å². The number of carbonyl (C=O) groups excluding carboxylic acids is 1. The Morgan fingerprint density at radius 2 is 2.04 bits per heavy atom. The highest BCUT2D eigenvalue weighted by Crippen LogP contribution is 2.27. The lowest BCUT2D eigenvalue weighted by atomic mass is 10.0. The van der Waals surface area contributed by atoms with Crippen molar-refractivity contribution in [2.45, 2.75) is 6.04 Å². The maximum atomic E-state index is 13.3. The highest BCUT2D eigenvalue weighted by Gasteiger charge is 2.19. The van der Waals surface area contributed by atoms with Crippen LogP contribution in [0.5, 0.6) is 0 Å². The van der Waals surface area contributed by atoms with Crippen molar-refractivity contribution < 1.29 is 13.9 Å². The van der Waals surface area contributed by atoms with Gasteiger partial charge in [0.1, 0.15) is 11.9 Å². The molecule has 0 N–H and O–H groups in total. The monoisotopic (exact) mass is 325 g/mol. The van der Waals surface area contributed by atoms with Crippen molar-refractivity contribution in [3.63, 3.8) is 0 Å². The summed E-state index contributed by atoms with van der Waals surface area (Å²) < 4.78 is 21.6. The predicted molar refractivity (Wildman–Crippen MR) is 87.6 cm³/mol. The fourth-order valence-corrected chi connectivity index (χ4v) is 2.55. The first-order chi connectivity index (χ1) is 11.7. The molecule has 2 aromatic heterocycles. The van der Waals surface area contributed by atoms with E-state index in [0.717, 1.165) is 11.3 Å². The molecule has 5 nitrogen and oxygen atoms in total. The van der Waals surface area contributed by atoms with Gasteiger partial charge < -0.3 is 13.9 Å². The maximum absolute atomic E-state index is 13.3. The van der Waals surface area contributed by atoms with Crippen molar-refractivity contribution in [3.8, 4) is 0 Å². The van der Waals surface area contributed by atoms with E-state index >= 15 is 0 Å². The lowest BCUT2D eigenvalue weighted by Gasteiger charge is -2.20. The summed E-state index contributed by atoms with van der Waals surface area (Å²) in [7, 11) is 1.33. The highest BCUT2D eigenvalue weighted by molar-refractivity contribution is 5.84. The molecule has 0 fully saturated rings. The van der Waals surface area contributed by atoms with Crippen LogP contribution in [0.15, 0.2) is 67.4 Å². The fourth-order valence-electron chi connectivity index (χ4n) is 2.55. The topological polar surface area (TPSA) is 49.0 Å². The molecule has 122 valence electrons. The second-order valence-electron chi connectivity index (χ2n) is 5.14. The largest absolute Gasteiger partial charge is 0.466 e. The van der Waals surface area contributed by atoms with Crippen LogP contribution in [0.3, 0.4) is 0 Å². The molecule has 1 aromatic carbocycles. The minimum absolute atomic E-state index is 0.203. The first kappa shape index (κ1) is 15.7. The van der Waals surface area contributed by atoms with Gasteiger partial charge in [-0.15, -0.1) is 0 Å². The number of hydrogen-bond acceptors (Lipinski definition) is 3. The van der Waals surface area contributed by atoms with Crippen molar-refractivity contribution in [2.24, 2.45) is 0 Å². The van der Waals surface area contributed by atoms with Crippen LogP contribution in [0.25, 0.3) is 6.20 Å². The zero-order valence-electron chi connectivity index (χ0n) is 13.0. The van der Waals surface area contributed by atoms with Gasteiger partial charge in [0, 0.05) is 36.6 Å². The Morgan fingerprint density at radius 3 is 2.71 bits per heavy atom. The molecule has 0 aliphatic rings. The molecule has 1 atom stereocenters. The minimum atomic E-state index is -0.435. The molecular weight excluding hydrogens is 309 g/mol. The number of benzene rings is 1. The molecule has 6 heteroatoms. The van der Waals surface area contributed by atoms with Crippen LogP contribution in [0, 0.1) is 5.82 Å². The molecule has 3 aromatic rings. The fraction of sp³-hybridized carbons (Fsp3) is 0.111. The molecule has 0 saturated carbocycles. The molecule has 0 aliphatic carbocycles. The molecule has 2 heterocycles. The Balaban J connectivity index is 2.04. The van der Waals surface area contributed by atoms with Gasteiger partial charge in [0.25, 0.3) is 0 Å². The highest BCUT2D eigenvalue weighted by atomic mass is 19.1. The van der Waals surface area contributed by atoms with E-state index in [4.69, 9.17) is 0 Å². The van der Waals surface area contributed by atoms with E-state index in [1.807, 2.05) is 33.7 Å². The standard InChI is InChI=1S/C18H16FN3O2/c1-24-17(23)8-11-21-10-2-3-16(21)18(22-12-9-20-13-22)14-4-6-15(19)7-5-14/h2-13,18H,1H3/b11-8+.